The van der Waals surface area contributed by atoms with E-state index in [9.17, 15) is 13.2 Å². The van der Waals surface area contributed by atoms with Gasteiger partial charge < -0.3 is 9.88 Å². The van der Waals surface area contributed by atoms with Crippen molar-refractivity contribution in [3.63, 3.8) is 0 Å². The Bertz CT molecular complexity index is 342. The minimum Gasteiger partial charge on any atom is -0.325 e. The van der Waals surface area contributed by atoms with Crippen LogP contribution in [-0.2, 0) is 12.6 Å². The lowest BCUT2D eigenvalue weighted by atomic mass is 10.3. The highest BCUT2D eigenvalue weighted by Gasteiger charge is 2.37. The van der Waals surface area contributed by atoms with Crippen molar-refractivity contribution in [3.05, 3.63) is 17.7 Å². The zero-order valence-electron chi connectivity index (χ0n) is 9.60. The minimum absolute atomic E-state index is 0.243. The second-order valence-electron chi connectivity index (χ2n) is 3.91. The van der Waals surface area contributed by atoms with Gasteiger partial charge in [-0.1, -0.05) is 0 Å². The number of nitrogens with one attached hydrogen (secondary N) is 1. The zero-order valence-corrected chi connectivity index (χ0v) is 9.60. The number of hydrogen-bond acceptors (Lipinski definition) is 2. The Kier molecular flexibility index (Phi) is 3.96. The van der Waals surface area contributed by atoms with Gasteiger partial charge in [0.25, 0.3) is 0 Å². The van der Waals surface area contributed by atoms with Crippen molar-refractivity contribution in [2.24, 2.45) is 0 Å². The summed E-state index contributed by atoms with van der Waals surface area (Å²) >= 11 is 0. The van der Waals surface area contributed by atoms with Gasteiger partial charge in [0.15, 0.2) is 0 Å². The second-order valence-corrected chi connectivity index (χ2v) is 3.91. The van der Waals surface area contributed by atoms with Crippen molar-refractivity contribution in [2.45, 2.75) is 32.5 Å². The topological polar surface area (TPSA) is 29.9 Å². The lowest BCUT2D eigenvalue weighted by Crippen LogP contribution is -2.16. The molecule has 3 nitrogen and oxygen atoms in total. The SMILES string of the molecule is CNCCc1cn(C(C)C)c(C(F)(F)F)n1. The summed E-state index contributed by atoms with van der Waals surface area (Å²) in [6.07, 6.45) is -2.41. The molecule has 92 valence electrons. The average Bonchev–Trinajstić information content (AvgIpc) is 2.58. The average molecular weight is 235 g/mol. The van der Waals surface area contributed by atoms with Gasteiger partial charge in [0.2, 0.25) is 5.82 Å². The van der Waals surface area contributed by atoms with Gasteiger partial charge >= 0.3 is 6.18 Å². The summed E-state index contributed by atoms with van der Waals surface area (Å²) in [5.41, 5.74) is 0.468. The highest BCUT2D eigenvalue weighted by atomic mass is 19.4. The van der Waals surface area contributed by atoms with E-state index in [2.05, 4.69) is 10.3 Å². The van der Waals surface area contributed by atoms with Gasteiger partial charge in [0, 0.05) is 25.2 Å². The Morgan fingerprint density at radius 3 is 2.44 bits per heavy atom. The van der Waals surface area contributed by atoms with E-state index >= 15 is 0 Å². The molecular weight excluding hydrogens is 219 g/mol. The predicted molar refractivity (Wildman–Crippen MR) is 55.2 cm³/mol. The number of alkyl halides is 3. The molecule has 0 saturated heterocycles. The Morgan fingerprint density at radius 1 is 1.44 bits per heavy atom. The van der Waals surface area contributed by atoms with Crippen molar-refractivity contribution in [3.8, 4) is 0 Å². The Labute approximate surface area is 92.7 Å². The van der Waals surface area contributed by atoms with Crippen LogP contribution in [0.2, 0.25) is 0 Å². The van der Waals surface area contributed by atoms with Crippen LogP contribution >= 0.6 is 0 Å². The molecule has 0 saturated carbocycles. The first-order valence-electron chi connectivity index (χ1n) is 5.15. The quantitative estimate of drug-likeness (QED) is 0.867. The van der Waals surface area contributed by atoms with Gasteiger partial charge in [-0.15, -0.1) is 0 Å². The number of halogens is 3. The molecule has 6 heteroatoms. The predicted octanol–water partition coefficient (Wildman–Crippen LogP) is 2.24. The summed E-state index contributed by atoms with van der Waals surface area (Å²) < 4.78 is 39.1. The van der Waals surface area contributed by atoms with E-state index in [1.54, 1.807) is 20.9 Å². The molecule has 0 fully saturated rings. The molecule has 0 aliphatic rings. The molecule has 1 rings (SSSR count). The fourth-order valence-corrected chi connectivity index (χ4v) is 1.42. The summed E-state index contributed by atoms with van der Waals surface area (Å²) in [6.45, 7) is 4.03. The molecule has 0 aliphatic carbocycles. The van der Waals surface area contributed by atoms with E-state index in [0.29, 0.717) is 18.7 Å². The van der Waals surface area contributed by atoms with Crippen molar-refractivity contribution in [1.29, 1.82) is 0 Å². The lowest BCUT2D eigenvalue weighted by molar-refractivity contribution is -0.147. The number of aromatic nitrogens is 2. The fraction of sp³-hybridized carbons (Fsp3) is 0.700. The van der Waals surface area contributed by atoms with E-state index in [1.807, 2.05) is 0 Å². The molecule has 0 aromatic carbocycles. The van der Waals surface area contributed by atoms with Crippen LogP contribution in [0, 0.1) is 0 Å². The first-order chi connectivity index (χ1) is 7.36. The first kappa shape index (κ1) is 13.0. The molecule has 0 amide bonds. The summed E-state index contributed by atoms with van der Waals surface area (Å²) in [5, 5.41) is 2.88. The summed E-state index contributed by atoms with van der Waals surface area (Å²) in [7, 11) is 1.75. The van der Waals surface area contributed by atoms with Gasteiger partial charge in [-0.05, 0) is 20.9 Å². The zero-order chi connectivity index (χ0) is 12.3. The van der Waals surface area contributed by atoms with Crippen LogP contribution in [0.25, 0.3) is 0 Å². The summed E-state index contributed by atoms with van der Waals surface area (Å²) in [4.78, 5) is 3.64. The van der Waals surface area contributed by atoms with Crippen molar-refractivity contribution in [2.75, 3.05) is 13.6 Å². The van der Waals surface area contributed by atoms with Crippen LogP contribution < -0.4 is 5.32 Å². The second kappa shape index (κ2) is 4.86. The van der Waals surface area contributed by atoms with Crippen molar-refractivity contribution < 1.29 is 13.2 Å². The first-order valence-corrected chi connectivity index (χ1v) is 5.15. The molecule has 0 aliphatic heterocycles. The molecule has 1 heterocycles. The van der Waals surface area contributed by atoms with Crippen LogP contribution in [0.5, 0.6) is 0 Å². The highest BCUT2D eigenvalue weighted by molar-refractivity contribution is 5.08. The number of likely N-dealkylation sites (N-methyl/N-ethyl adjacent to an activating group) is 1. The molecule has 1 aromatic rings. The van der Waals surface area contributed by atoms with Crippen LogP contribution in [0.15, 0.2) is 6.20 Å². The molecule has 0 radical (unpaired) electrons. The van der Waals surface area contributed by atoms with E-state index < -0.39 is 12.0 Å². The van der Waals surface area contributed by atoms with Gasteiger partial charge in [-0.2, -0.15) is 13.2 Å². The molecular formula is C10H16F3N3. The standard InChI is InChI=1S/C10H16F3N3/c1-7(2)16-6-8(4-5-14-3)15-9(16)10(11,12)13/h6-7,14H,4-5H2,1-3H3. The largest absolute Gasteiger partial charge is 0.449 e. The summed E-state index contributed by atoms with van der Waals surface area (Å²) in [5.74, 6) is -0.811. The Balaban J connectivity index is 3.01. The molecule has 0 spiro atoms. The van der Waals surface area contributed by atoms with E-state index in [4.69, 9.17) is 0 Å². The molecule has 1 N–H and O–H groups in total. The molecule has 16 heavy (non-hydrogen) atoms. The van der Waals surface area contributed by atoms with Gasteiger partial charge in [0.1, 0.15) is 0 Å². The highest BCUT2D eigenvalue weighted by Crippen LogP contribution is 2.30. The third-order valence-corrected chi connectivity index (χ3v) is 2.22. The molecule has 0 atom stereocenters. The maximum atomic E-state index is 12.6. The van der Waals surface area contributed by atoms with Crippen molar-refractivity contribution >= 4 is 0 Å². The maximum absolute atomic E-state index is 12.6. The molecule has 0 unspecified atom stereocenters. The van der Waals surface area contributed by atoms with E-state index in [1.165, 1.54) is 10.8 Å². The summed E-state index contributed by atoms with van der Waals surface area (Å²) in [6, 6.07) is -0.243. The third-order valence-electron chi connectivity index (χ3n) is 2.22. The lowest BCUT2D eigenvalue weighted by Gasteiger charge is -2.12. The monoisotopic (exact) mass is 235 g/mol. The van der Waals surface area contributed by atoms with E-state index in [0.717, 1.165) is 0 Å². The fourth-order valence-electron chi connectivity index (χ4n) is 1.42. The van der Waals surface area contributed by atoms with Crippen LogP contribution in [0.3, 0.4) is 0 Å². The van der Waals surface area contributed by atoms with Crippen LogP contribution in [-0.4, -0.2) is 23.1 Å². The van der Waals surface area contributed by atoms with E-state index in [-0.39, 0.29) is 6.04 Å². The number of imidazole rings is 1. The third kappa shape index (κ3) is 2.98. The van der Waals surface area contributed by atoms with Crippen molar-refractivity contribution in [1.82, 2.24) is 14.9 Å². The number of rotatable bonds is 4. The molecule has 1 aromatic heterocycles. The van der Waals surface area contributed by atoms with Gasteiger partial charge in [-0.25, -0.2) is 4.98 Å². The van der Waals surface area contributed by atoms with Gasteiger partial charge in [0.05, 0.1) is 5.69 Å². The molecule has 0 bridgehead atoms. The number of hydrogen-bond donors (Lipinski definition) is 1. The Hall–Kier alpha value is -1.04. The van der Waals surface area contributed by atoms with Crippen LogP contribution in [0.4, 0.5) is 13.2 Å². The Morgan fingerprint density at radius 2 is 2.06 bits per heavy atom. The van der Waals surface area contributed by atoms with Gasteiger partial charge in [-0.3, -0.25) is 0 Å². The maximum Gasteiger partial charge on any atom is 0.449 e. The normalized spacial score (nSPS) is 12.4. The number of nitrogens with zero attached hydrogens (tertiary/aromatic N) is 2. The van der Waals surface area contributed by atoms with Crippen LogP contribution in [0.1, 0.15) is 31.4 Å². The smallest absolute Gasteiger partial charge is 0.325 e. The minimum atomic E-state index is -4.39.